The zero-order valence-corrected chi connectivity index (χ0v) is 16.2. The van der Waals surface area contributed by atoms with E-state index in [1.165, 1.54) is 0 Å². The van der Waals surface area contributed by atoms with Gasteiger partial charge in [-0.3, -0.25) is 9.59 Å². The van der Waals surface area contributed by atoms with Crippen molar-refractivity contribution in [3.8, 4) is 11.8 Å². The summed E-state index contributed by atoms with van der Waals surface area (Å²) >= 11 is 0. The Labute approximate surface area is 170 Å². The second kappa shape index (κ2) is 8.93. The van der Waals surface area contributed by atoms with Crippen LogP contribution in [-0.2, 0) is 14.3 Å². The number of piperidine rings is 1. The van der Waals surface area contributed by atoms with Crippen LogP contribution >= 0.6 is 0 Å². The first-order chi connectivity index (χ1) is 14.2. The Bertz CT molecular complexity index is 914. The summed E-state index contributed by atoms with van der Waals surface area (Å²) in [6, 6.07) is 11.5. The summed E-state index contributed by atoms with van der Waals surface area (Å²) in [5.41, 5.74) is 0.834. The second-order valence-corrected chi connectivity index (χ2v) is 7.35. The normalized spacial score (nSPS) is 19.4. The maximum absolute atomic E-state index is 12.4. The molecular formula is C22H24N4O3. The maximum Gasteiger partial charge on any atom is 0.298 e. The van der Waals surface area contributed by atoms with Crippen molar-refractivity contribution in [2.24, 2.45) is 5.92 Å². The van der Waals surface area contributed by atoms with Crippen LogP contribution in [0.2, 0.25) is 0 Å². The summed E-state index contributed by atoms with van der Waals surface area (Å²) in [6.07, 6.45) is 4.00. The second-order valence-electron chi connectivity index (χ2n) is 7.35. The van der Waals surface area contributed by atoms with E-state index in [1.807, 2.05) is 41.1 Å². The third kappa shape index (κ3) is 4.66. The van der Waals surface area contributed by atoms with Crippen molar-refractivity contribution in [3.05, 3.63) is 48.2 Å². The molecule has 3 heterocycles. The molecule has 1 unspecified atom stereocenters. The average molecular weight is 392 g/mol. The van der Waals surface area contributed by atoms with Gasteiger partial charge in [0.2, 0.25) is 5.91 Å². The molecule has 7 heteroatoms. The number of benzene rings is 1. The molecular weight excluding hydrogens is 368 g/mol. The van der Waals surface area contributed by atoms with Gasteiger partial charge in [-0.05, 0) is 31.4 Å². The molecule has 2 aliphatic heterocycles. The highest BCUT2D eigenvalue weighted by atomic mass is 16.5. The number of nitrogens with one attached hydrogen (secondary N) is 1. The molecule has 2 fully saturated rings. The van der Waals surface area contributed by atoms with Gasteiger partial charge in [-0.15, -0.1) is 0 Å². The largest absolute Gasteiger partial charge is 0.381 e. The van der Waals surface area contributed by atoms with Crippen LogP contribution in [0.5, 0.6) is 0 Å². The lowest BCUT2D eigenvalue weighted by Crippen LogP contribution is -2.39. The molecule has 1 aromatic heterocycles. The number of amides is 2. The molecule has 0 bridgehead atoms. The lowest BCUT2D eigenvalue weighted by Gasteiger charge is -2.31. The van der Waals surface area contributed by atoms with E-state index in [0.717, 1.165) is 24.8 Å². The van der Waals surface area contributed by atoms with E-state index in [2.05, 4.69) is 22.3 Å². The van der Waals surface area contributed by atoms with Crippen LogP contribution in [0, 0.1) is 17.8 Å². The highest BCUT2D eigenvalue weighted by Crippen LogP contribution is 2.26. The third-order valence-corrected chi connectivity index (χ3v) is 5.41. The minimum atomic E-state index is -0.150. The first-order valence-electron chi connectivity index (χ1n) is 9.99. The number of rotatable bonds is 3. The predicted molar refractivity (Wildman–Crippen MR) is 108 cm³/mol. The Hall–Kier alpha value is -3.11. The number of carbonyl (C=O) groups excluding carboxylic acids is 2. The van der Waals surface area contributed by atoms with E-state index in [-0.39, 0.29) is 23.8 Å². The number of hydrogen-bond acceptors (Lipinski definition) is 4. The standard InChI is InChI=1S/C22H24N4O3/c27-21(7-6-17-4-2-1-3-5-17)25-13-9-19(10-14-25)26-20(8-12-23-26)24-22(28)18-11-15-29-16-18/h1-5,8,12,18-19H,9-11,13-16H2,(H,24,28). The lowest BCUT2D eigenvalue weighted by atomic mass is 10.0. The first kappa shape index (κ1) is 19.2. The van der Waals surface area contributed by atoms with Crippen LogP contribution in [0.1, 0.15) is 30.9 Å². The fourth-order valence-corrected chi connectivity index (χ4v) is 3.71. The summed E-state index contributed by atoms with van der Waals surface area (Å²) in [5, 5.41) is 7.39. The summed E-state index contributed by atoms with van der Waals surface area (Å²) in [7, 11) is 0. The molecule has 1 atom stereocenters. The van der Waals surface area contributed by atoms with Gasteiger partial charge in [0.05, 0.1) is 24.8 Å². The molecule has 0 radical (unpaired) electrons. The minimum absolute atomic E-state index is 0.0203. The van der Waals surface area contributed by atoms with Crippen LogP contribution in [0.3, 0.4) is 0 Å². The molecule has 150 valence electrons. The molecule has 0 aliphatic carbocycles. The van der Waals surface area contributed by atoms with Gasteiger partial charge in [0, 0.05) is 37.2 Å². The molecule has 2 aliphatic rings. The van der Waals surface area contributed by atoms with Gasteiger partial charge >= 0.3 is 0 Å². The SMILES string of the molecule is O=C(Nc1ccnn1C1CCN(C(=O)C#Cc2ccccc2)CC1)C1CCOC1. The van der Waals surface area contributed by atoms with Gasteiger partial charge in [0.1, 0.15) is 5.82 Å². The van der Waals surface area contributed by atoms with Gasteiger partial charge in [0.15, 0.2) is 0 Å². The van der Waals surface area contributed by atoms with Gasteiger partial charge in [-0.25, -0.2) is 4.68 Å². The van der Waals surface area contributed by atoms with Crippen LogP contribution in [0.4, 0.5) is 5.82 Å². The summed E-state index contributed by atoms with van der Waals surface area (Å²) in [5.74, 6) is 6.09. The predicted octanol–water partition coefficient (Wildman–Crippen LogP) is 2.07. The number of hydrogen-bond donors (Lipinski definition) is 1. The van der Waals surface area contributed by atoms with Crippen molar-refractivity contribution in [2.75, 3.05) is 31.6 Å². The molecule has 1 N–H and O–H groups in total. The van der Waals surface area contributed by atoms with Crippen LogP contribution in [-0.4, -0.2) is 52.8 Å². The van der Waals surface area contributed by atoms with Gasteiger partial charge in [0.25, 0.3) is 5.91 Å². The Morgan fingerprint density at radius 1 is 1.10 bits per heavy atom. The first-order valence-corrected chi connectivity index (χ1v) is 9.99. The van der Waals surface area contributed by atoms with E-state index in [0.29, 0.717) is 32.1 Å². The van der Waals surface area contributed by atoms with E-state index < -0.39 is 0 Å². The number of carbonyl (C=O) groups is 2. The van der Waals surface area contributed by atoms with Gasteiger partial charge in [-0.1, -0.05) is 24.1 Å². The van der Waals surface area contributed by atoms with Crippen molar-refractivity contribution in [2.45, 2.75) is 25.3 Å². The molecule has 0 spiro atoms. The molecule has 2 amide bonds. The van der Waals surface area contributed by atoms with Crippen LogP contribution in [0.15, 0.2) is 42.6 Å². The van der Waals surface area contributed by atoms with Crippen LogP contribution in [0.25, 0.3) is 0 Å². The number of aromatic nitrogens is 2. The number of anilines is 1. The molecule has 4 rings (SSSR count). The summed E-state index contributed by atoms with van der Waals surface area (Å²) in [4.78, 5) is 26.5. The molecule has 2 saturated heterocycles. The van der Waals surface area contributed by atoms with Crippen molar-refractivity contribution in [3.63, 3.8) is 0 Å². The zero-order valence-electron chi connectivity index (χ0n) is 16.2. The fraction of sp³-hybridized carbons (Fsp3) is 0.409. The summed E-state index contributed by atoms with van der Waals surface area (Å²) < 4.78 is 7.16. The van der Waals surface area contributed by atoms with Crippen molar-refractivity contribution in [1.29, 1.82) is 0 Å². The van der Waals surface area contributed by atoms with E-state index in [9.17, 15) is 9.59 Å². The highest BCUT2D eigenvalue weighted by molar-refractivity contribution is 5.94. The smallest absolute Gasteiger partial charge is 0.298 e. The molecule has 1 aromatic carbocycles. The topological polar surface area (TPSA) is 76.5 Å². The quantitative estimate of drug-likeness (QED) is 0.812. The molecule has 29 heavy (non-hydrogen) atoms. The number of ether oxygens (including phenoxy) is 1. The molecule has 7 nitrogen and oxygen atoms in total. The molecule has 0 saturated carbocycles. The number of nitrogens with zero attached hydrogens (tertiary/aromatic N) is 3. The van der Waals surface area contributed by atoms with Crippen molar-refractivity contribution >= 4 is 17.6 Å². The Morgan fingerprint density at radius 3 is 2.62 bits per heavy atom. The Balaban J connectivity index is 1.33. The molecule has 2 aromatic rings. The third-order valence-electron chi connectivity index (χ3n) is 5.41. The van der Waals surface area contributed by atoms with Gasteiger partial charge in [-0.2, -0.15) is 5.10 Å². The Morgan fingerprint density at radius 2 is 1.90 bits per heavy atom. The zero-order chi connectivity index (χ0) is 20.1. The average Bonchev–Trinajstić information content (AvgIpc) is 3.45. The minimum Gasteiger partial charge on any atom is -0.381 e. The van der Waals surface area contributed by atoms with E-state index in [4.69, 9.17) is 4.74 Å². The van der Waals surface area contributed by atoms with Gasteiger partial charge < -0.3 is 15.0 Å². The Kier molecular flexibility index (Phi) is 5.92. The monoisotopic (exact) mass is 392 g/mol. The number of likely N-dealkylation sites (tertiary alicyclic amines) is 1. The van der Waals surface area contributed by atoms with E-state index in [1.54, 1.807) is 11.1 Å². The maximum atomic E-state index is 12.4. The lowest BCUT2D eigenvalue weighted by molar-refractivity contribution is -0.126. The summed E-state index contributed by atoms with van der Waals surface area (Å²) in [6.45, 7) is 2.36. The van der Waals surface area contributed by atoms with Crippen molar-refractivity contribution < 1.29 is 14.3 Å². The van der Waals surface area contributed by atoms with Crippen LogP contribution < -0.4 is 5.32 Å². The highest BCUT2D eigenvalue weighted by Gasteiger charge is 2.27. The van der Waals surface area contributed by atoms with Crippen molar-refractivity contribution in [1.82, 2.24) is 14.7 Å². The fourth-order valence-electron chi connectivity index (χ4n) is 3.71. The van der Waals surface area contributed by atoms with E-state index >= 15 is 0 Å².